The lowest BCUT2D eigenvalue weighted by molar-refractivity contribution is 0.0113. The Balaban J connectivity index is 6.62. The van der Waals surface area contributed by atoms with Gasteiger partial charge in [0.15, 0.2) is 0 Å². The van der Waals surface area contributed by atoms with Gasteiger partial charge in [0.05, 0.1) is 0 Å². The highest BCUT2D eigenvalue weighted by Gasteiger charge is 2.31. The molecule has 0 bridgehead atoms. The van der Waals surface area contributed by atoms with E-state index in [1.54, 1.807) is 33.7 Å². The molecule has 0 saturated carbocycles. The van der Waals surface area contributed by atoms with Gasteiger partial charge in [0.1, 0.15) is 33.6 Å². The smallest absolute Gasteiger partial charge is 0.410 e. The molecule has 0 fully saturated rings. The molecular formula is C57H111N7O12. The van der Waals surface area contributed by atoms with Crippen molar-refractivity contribution in [2.45, 2.75) is 242 Å². The van der Waals surface area contributed by atoms with Crippen LogP contribution in [0.15, 0.2) is 0 Å². The van der Waals surface area contributed by atoms with E-state index in [2.05, 4.69) is 0 Å². The highest BCUT2D eigenvalue weighted by molar-refractivity contribution is 5.70. The zero-order valence-electron chi connectivity index (χ0n) is 51.7. The Kier molecular flexibility index (Phi) is 31.8. The van der Waals surface area contributed by atoms with Crippen LogP contribution in [0.1, 0.15) is 208 Å². The fourth-order valence-corrected chi connectivity index (χ4v) is 7.63. The zero-order valence-corrected chi connectivity index (χ0v) is 51.7. The van der Waals surface area contributed by atoms with Gasteiger partial charge in [0, 0.05) is 79.5 Å². The maximum absolute atomic E-state index is 14.1. The molecule has 2 N–H and O–H groups in total. The van der Waals surface area contributed by atoms with Gasteiger partial charge in [-0.15, -0.1) is 0 Å². The molecule has 0 spiro atoms. The Morgan fingerprint density at radius 3 is 0.842 bits per heavy atom. The number of amides is 6. The number of nitrogens with zero attached hydrogens (tertiary/aromatic N) is 6. The molecule has 0 aliphatic rings. The lowest BCUT2D eigenvalue weighted by Gasteiger charge is -2.34. The van der Waals surface area contributed by atoms with Crippen LogP contribution < -0.4 is 5.73 Å². The van der Waals surface area contributed by atoms with Crippen molar-refractivity contribution in [2.75, 3.05) is 86.1 Å². The predicted octanol–water partition coefficient (Wildman–Crippen LogP) is 12.3. The van der Waals surface area contributed by atoms with Gasteiger partial charge in [0.2, 0.25) is 0 Å². The van der Waals surface area contributed by atoms with Crippen molar-refractivity contribution < 1.29 is 57.2 Å². The molecule has 0 aromatic heterocycles. The molecule has 0 aromatic rings. The summed E-state index contributed by atoms with van der Waals surface area (Å²) in [5, 5.41) is 0. The third kappa shape index (κ3) is 38.2. The number of hydrogen-bond acceptors (Lipinski definition) is 13. The average molecular weight is 1090 g/mol. The Labute approximate surface area is 461 Å². The highest BCUT2D eigenvalue weighted by Crippen LogP contribution is 2.22. The van der Waals surface area contributed by atoms with Gasteiger partial charge in [-0.25, -0.2) is 28.8 Å². The van der Waals surface area contributed by atoms with E-state index in [1.165, 1.54) is 9.80 Å². The summed E-state index contributed by atoms with van der Waals surface area (Å²) in [5.74, 6) is -0.149. The second-order valence-corrected chi connectivity index (χ2v) is 26.3. The number of nitrogens with two attached hydrogens (primary N) is 1. The minimum absolute atomic E-state index is 0.149. The van der Waals surface area contributed by atoms with E-state index in [1.807, 2.05) is 125 Å². The minimum atomic E-state index is -0.766. The molecule has 0 aliphatic carbocycles. The molecule has 6 amide bonds. The molecule has 19 nitrogen and oxygen atoms in total. The summed E-state index contributed by atoms with van der Waals surface area (Å²) in [6.07, 6.45) is 7.29. The van der Waals surface area contributed by atoms with Gasteiger partial charge >= 0.3 is 36.6 Å². The molecule has 0 radical (unpaired) electrons. The summed E-state index contributed by atoms with van der Waals surface area (Å²) in [6, 6.07) is 0. The first-order chi connectivity index (χ1) is 34.7. The largest absolute Gasteiger partial charge is 0.444 e. The summed E-state index contributed by atoms with van der Waals surface area (Å²) in [7, 11) is 3.34. The van der Waals surface area contributed by atoms with E-state index in [0.717, 1.165) is 44.9 Å². The fraction of sp³-hybridized carbons (Fsp3) is 0.895. The Hall–Kier alpha value is -4.42. The number of unbranched alkanes of at least 4 members (excludes halogenated alkanes) is 7. The third-order valence-electron chi connectivity index (χ3n) is 11.1. The van der Waals surface area contributed by atoms with Crippen molar-refractivity contribution in [1.29, 1.82) is 0 Å². The minimum Gasteiger partial charge on any atom is -0.444 e. The number of rotatable bonds is 30. The van der Waals surface area contributed by atoms with Crippen LogP contribution in [0, 0.1) is 5.92 Å². The molecule has 0 heterocycles. The molecule has 76 heavy (non-hydrogen) atoms. The summed E-state index contributed by atoms with van der Waals surface area (Å²) < 4.78 is 34.6. The molecule has 0 atom stereocenters. The van der Waals surface area contributed by atoms with Gasteiger partial charge in [-0.05, 0) is 188 Å². The number of carbonyl (C=O) groups excluding carboxylic acids is 6. The van der Waals surface area contributed by atoms with Gasteiger partial charge in [-0.2, -0.15) is 0 Å². The Morgan fingerprint density at radius 2 is 0.553 bits per heavy atom. The van der Waals surface area contributed by atoms with Crippen LogP contribution in [-0.2, 0) is 28.4 Å². The van der Waals surface area contributed by atoms with E-state index in [-0.39, 0.29) is 5.92 Å². The maximum atomic E-state index is 14.1. The molecule has 0 saturated heterocycles. The van der Waals surface area contributed by atoms with Gasteiger partial charge in [-0.1, -0.05) is 32.1 Å². The average Bonchev–Trinajstić information content (AvgIpc) is 3.22. The number of hydrogen-bond donors (Lipinski definition) is 1. The SMILES string of the molecule is CN(CCCN(CCCCN(CC(CCCCCCCCN)CN(CCCCN(CCCN(C)C(=O)OC(C)(C)C)C(=O)OC(C)(C)C)C(=O)OC(C)(C)C)C(=O)OC(C)(C)C)C(=O)OC(C)(C)C)C(=O)OC(C)(C)C. The molecule has 446 valence electrons. The maximum Gasteiger partial charge on any atom is 0.410 e. The van der Waals surface area contributed by atoms with Crippen LogP contribution in [0.2, 0.25) is 0 Å². The molecule has 0 rings (SSSR count). The molecule has 0 unspecified atom stereocenters. The van der Waals surface area contributed by atoms with Gasteiger partial charge < -0.3 is 63.6 Å². The first-order valence-corrected chi connectivity index (χ1v) is 28.2. The van der Waals surface area contributed by atoms with Crippen molar-refractivity contribution in [3.63, 3.8) is 0 Å². The van der Waals surface area contributed by atoms with E-state index < -0.39 is 70.2 Å². The quantitative estimate of drug-likeness (QED) is 0.0526. The van der Waals surface area contributed by atoms with Crippen LogP contribution in [0.4, 0.5) is 28.8 Å². The van der Waals surface area contributed by atoms with Crippen molar-refractivity contribution in [3.05, 3.63) is 0 Å². The topological polar surface area (TPSA) is 203 Å². The van der Waals surface area contributed by atoms with Crippen LogP contribution in [0.5, 0.6) is 0 Å². The van der Waals surface area contributed by atoms with E-state index in [4.69, 9.17) is 34.2 Å². The highest BCUT2D eigenvalue weighted by atomic mass is 16.6. The second kappa shape index (κ2) is 33.8. The van der Waals surface area contributed by atoms with Crippen LogP contribution >= 0.6 is 0 Å². The number of ether oxygens (including phenoxy) is 6. The van der Waals surface area contributed by atoms with E-state index in [9.17, 15) is 28.8 Å². The third-order valence-corrected chi connectivity index (χ3v) is 11.1. The normalized spacial score (nSPS) is 12.4. The molecule has 19 heteroatoms. The summed E-state index contributed by atoms with van der Waals surface area (Å²) in [4.78, 5) is 90.3. The van der Waals surface area contributed by atoms with Gasteiger partial charge in [-0.3, -0.25) is 0 Å². The van der Waals surface area contributed by atoms with Crippen LogP contribution in [-0.4, -0.2) is 186 Å². The fourth-order valence-electron chi connectivity index (χ4n) is 7.63. The lowest BCUT2D eigenvalue weighted by atomic mass is 9.98. The monoisotopic (exact) mass is 1090 g/mol. The number of carbonyl (C=O) groups is 6. The molecule has 0 aromatic carbocycles. The van der Waals surface area contributed by atoms with Crippen LogP contribution in [0.3, 0.4) is 0 Å². The van der Waals surface area contributed by atoms with Crippen molar-refractivity contribution in [3.8, 4) is 0 Å². The molecular weight excluding hydrogens is 975 g/mol. The first-order valence-electron chi connectivity index (χ1n) is 28.2. The van der Waals surface area contributed by atoms with Crippen LogP contribution in [0.25, 0.3) is 0 Å². The lowest BCUT2D eigenvalue weighted by Crippen LogP contribution is -2.45. The van der Waals surface area contributed by atoms with E-state index >= 15 is 0 Å². The van der Waals surface area contributed by atoms with Crippen molar-refractivity contribution in [1.82, 2.24) is 29.4 Å². The second-order valence-electron chi connectivity index (χ2n) is 26.3. The van der Waals surface area contributed by atoms with E-state index in [0.29, 0.717) is 111 Å². The standard InChI is InChI=1S/C57H111N7O12/c1-52(2,3)71-46(65)59(19)35-31-41-61(48(67)73-54(7,8)9)37-27-29-39-63(50(69)75-56(13,14)15)43-45(33-25-23-21-22-24-26-34-58)44-64(51(70)76-57(16,17)18)40-30-28-38-62(49(68)74-55(10,11)12)42-32-36-60(20)47(66)72-53(4,5)6/h45H,21-44,58H2,1-20H3. The van der Waals surface area contributed by atoms with Gasteiger partial charge in [0.25, 0.3) is 0 Å². The summed E-state index contributed by atoms with van der Waals surface area (Å²) in [6.45, 7) is 37.0. The first kappa shape index (κ1) is 71.6. The summed E-state index contributed by atoms with van der Waals surface area (Å²) in [5.41, 5.74) is 1.53. The Bertz CT molecular complexity index is 1590. The molecule has 0 aliphatic heterocycles. The Morgan fingerprint density at radius 1 is 0.316 bits per heavy atom. The summed E-state index contributed by atoms with van der Waals surface area (Å²) >= 11 is 0. The van der Waals surface area contributed by atoms with Crippen molar-refractivity contribution >= 4 is 36.6 Å². The van der Waals surface area contributed by atoms with Crippen molar-refractivity contribution in [2.24, 2.45) is 11.7 Å². The predicted molar refractivity (Wildman–Crippen MR) is 302 cm³/mol. The zero-order chi connectivity index (χ0) is 58.7.